The zero-order valence-electron chi connectivity index (χ0n) is 23.0. The lowest BCUT2D eigenvalue weighted by Crippen LogP contribution is -2.50. The van der Waals surface area contributed by atoms with Crippen LogP contribution >= 0.6 is 0 Å². The monoisotopic (exact) mass is 579 g/mol. The SMILES string of the molecule is CCCCNC(=O)[C@H](Cc1ccccc1)N(Cc1ccccc1F)C(=O)CCCN1C(=O)c2ccccc2S1(=O)=O. The van der Waals surface area contributed by atoms with Crippen LogP contribution in [0.15, 0.2) is 83.8 Å². The Bertz CT molecular complexity index is 1500. The maximum atomic E-state index is 14.7. The first-order chi connectivity index (χ1) is 19.7. The van der Waals surface area contributed by atoms with Crippen LogP contribution in [0, 0.1) is 5.82 Å². The Kier molecular flexibility index (Phi) is 9.88. The van der Waals surface area contributed by atoms with Crippen LogP contribution < -0.4 is 5.32 Å². The molecule has 0 bridgehead atoms. The van der Waals surface area contributed by atoms with E-state index in [1.54, 1.807) is 30.3 Å². The van der Waals surface area contributed by atoms with Crippen LogP contribution in [0.3, 0.4) is 0 Å². The van der Waals surface area contributed by atoms with E-state index in [9.17, 15) is 27.2 Å². The Hall–Kier alpha value is -4.05. The molecule has 41 heavy (non-hydrogen) atoms. The summed E-state index contributed by atoms with van der Waals surface area (Å²) < 4.78 is 41.3. The van der Waals surface area contributed by atoms with Gasteiger partial charge in [-0.25, -0.2) is 17.1 Å². The molecule has 0 fully saturated rings. The van der Waals surface area contributed by atoms with Gasteiger partial charge in [0, 0.05) is 38.0 Å². The number of benzene rings is 3. The summed E-state index contributed by atoms with van der Waals surface area (Å²) in [4.78, 5) is 41.3. The summed E-state index contributed by atoms with van der Waals surface area (Å²) in [6.45, 7) is 2.11. The van der Waals surface area contributed by atoms with Crippen molar-refractivity contribution in [1.29, 1.82) is 0 Å². The molecule has 216 valence electrons. The van der Waals surface area contributed by atoms with Crippen molar-refractivity contribution in [3.8, 4) is 0 Å². The summed E-state index contributed by atoms with van der Waals surface area (Å²) in [5.41, 5.74) is 1.20. The molecule has 0 unspecified atom stereocenters. The van der Waals surface area contributed by atoms with Crippen LogP contribution in [0.4, 0.5) is 4.39 Å². The molecule has 0 saturated heterocycles. The lowest BCUT2D eigenvalue weighted by atomic mass is 10.0. The lowest BCUT2D eigenvalue weighted by molar-refractivity contribution is -0.141. The van der Waals surface area contributed by atoms with Crippen molar-refractivity contribution in [1.82, 2.24) is 14.5 Å². The first-order valence-electron chi connectivity index (χ1n) is 13.7. The summed E-state index contributed by atoms with van der Waals surface area (Å²) in [5, 5.41) is 2.91. The van der Waals surface area contributed by atoms with Gasteiger partial charge in [-0.1, -0.05) is 74.0 Å². The van der Waals surface area contributed by atoms with Gasteiger partial charge in [0.1, 0.15) is 16.8 Å². The second-order valence-corrected chi connectivity index (χ2v) is 11.8. The number of sulfonamides is 1. The predicted octanol–water partition coefficient (Wildman–Crippen LogP) is 4.31. The summed E-state index contributed by atoms with van der Waals surface area (Å²) >= 11 is 0. The summed E-state index contributed by atoms with van der Waals surface area (Å²) in [7, 11) is -4.01. The Labute approximate surface area is 240 Å². The molecule has 0 saturated carbocycles. The third-order valence-electron chi connectivity index (χ3n) is 7.06. The molecule has 0 radical (unpaired) electrons. The minimum Gasteiger partial charge on any atom is -0.354 e. The fraction of sp³-hybridized carbons (Fsp3) is 0.323. The molecule has 0 aromatic heterocycles. The third-order valence-corrected chi connectivity index (χ3v) is 8.90. The first-order valence-corrected chi connectivity index (χ1v) is 15.2. The second kappa shape index (κ2) is 13.5. The van der Waals surface area contributed by atoms with Crippen LogP contribution in [-0.2, 0) is 32.6 Å². The van der Waals surface area contributed by atoms with Crippen molar-refractivity contribution in [2.75, 3.05) is 13.1 Å². The predicted molar refractivity (Wildman–Crippen MR) is 153 cm³/mol. The van der Waals surface area contributed by atoms with Crippen LogP contribution in [0.25, 0.3) is 0 Å². The molecule has 1 heterocycles. The highest BCUT2D eigenvalue weighted by Gasteiger charge is 2.40. The minimum atomic E-state index is -4.01. The number of nitrogens with zero attached hydrogens (tertiary/aromatic N) is 2. The first kappa shape index (κ1) is 29.9. The van der Waals surface area contributed by atoms with Crippen LogP contribution in [0.5, 0.6) is 0 Å². The molecule has 1 aliphatic heterocycles. The number of unbranched alkanes of at least 4 members (excludes halogenated alkanes) is 1. The molecule has 4 rings (SSSR count). The normalized spacial score (nSPS) is 14.4. The molecule has 1 atom stereocenters. The van der Waals surface area contributed by atoms with E-state index in [0.29, 0.717) is 6.54 Å². The van der Waals surface area contributed by atoms with Gasteiger partial charge >= 0.3 is 0 Å². The number of halogens is 1. The average molecular weight is 580 g/mol. The third kappa shape index (κ3) is 7.00. The van der Waals surface area contributed by atoms with Crippen molar-refractivity contribution < 1.29 is 27.2 Å². The van der Waals surface area contributed by atoms with Crippen molar-refractivity contribution in [3.63, 3.8) is 0 Å². The van der Waals surface area contributed by atoms with E-state index in [0.717, 1.165) is 22.7 Å². The van der Waals surface area contributed by atoms with E-state index >= 15 is 0 Å². The van der Waals surface area contributed by atoms with Gasteiger partial charge in [0.2, 0.25) is 11.8 Å². The molecular formula is C31H34FN3O5S. The quantitative estimate of drug-likeness (QED) is 0.304. The van der Waals surface area contributed by atoms with Gasteiger partial charge in [-0.15, -0.1) is 0 Å². The maximum absolute atomic E-state index is 14.7. The number of rotatable bonds is 13. The van der Waals surface area contributed by atoms with Gasteiger partial charge in [0.25, 0.3) is 15.9 Å². The number of carbonyl (C=O) groups is 3. The van der Waals surface area contributed by atoms with Crippen LogP contribution in [0.1, 0.15) is 54.1 Å². The van der Waals surface area contributed by atoms with E-state index in [1.807, 2.05) is 37.3 Å². The fourth-order valence-corrected chi connectivity index (χ4v) is 6.45. The molecular weight excluding hydrogens is 545 g/mol. The molecule has 10 heteroatoms. The highest BCUT2D eigenvalue weighted by Crippen LogP contribution is 2.30. The highest BCUT2D eigenvalue weighted by molar-refractivity contribution is 7.90. The minimum absolute atomic E-state index is 0.0427. The number of hydrogen-bond donors (Lipinski definition) is 1. The zero-order valence-corrected chi connectivity index (χ0v) is 23.8. The van der Waals surface area contributed by atoms with Gasteiger partial charge < -0.3 is 10.2 Å². The van der Waals surface area contributed by atoms with Gasteiger partial charge in [-0.05, 0) is 36.6 Å². The Morgan fingerprint density at radius 3 is 2.34 bits per heavy atom. The highest BCUT2D eigenvalue weighted by atomic mass is 32.2. The number of carbonyl (C=O) groups excluding carboxylic acids is 3. The van der Waals surface area contributed by atoms with Crippen molar-refractivity contribution in [2.24, 2.45) is 0 Å². The van der Waals surface area contributed by atoms with Gasteiger partial charge in [0.05, 0.1) is 5.56 Å². The summed E-state index contributed by atoms with van der Waals surface area (Å²) in [5.74, 6) is -1.92. The standard InChI is InChI=1S/C31H34FN3O5S/c1-2-3-19-33-30(37)27(21-23-12-5-4-6-13-23)34(22-24-14-7-9-16-26(24)32)29(36)18-11-20-35-31(38)25-15-8-10-17-28(25)41(35,39)40/h4-10,12-17,27H,2-3,11,18-22H2,1H3,(H,33,37)/t27-/m0/s1. The molecule has 8 nitrogen and oxygen atoms in total. The molecule has 3 amide bonds. The van der Waals surface area contributed by atoms with E-state index in [2.05, 4.69) is 5.32 Å². The molecule has 1 aliphatic rings. The summed E-state index contributed by atoms with van der Waals surface area (Å²) in [6, 6.07) is 20.4. The molecule has 3 aromatic carbocycles. The molecule has 0 aliphatic carbocycles. The van der Waals surface area contributed by atoms with Crippen LogP contribution in [-0.4, -0.2) is 54.5 Å². The Morgan fingerprint density at radius 1 is 0.951 bits per heavy atom. The second-order valence-electron chi connectivity index (χ2n) is 9.95. The topological polar surface area (TPSA) is 104 Å². The smallest absolute Gasteiger partial charge is 0.269 e. The van der Waals surface area contributed by atoms with Crippen molar-refractivity contribution in [3.05, 3.63) is 101 Å². The largest absolute Gasteiger partial charge is 0.354 e. The van der Waals surface area contributed by atoms with E-state index in [-0.39, 0.29) is 54.3 Å². The fourth-order valence-electron chi connectivity index (χ4n) is 4.84. The maximum Gasteiger partial charge on any atom is 0.269 e. The number of fused-ring (bicyclic) bond motifs is 1. The number of hydrogen-bond acceptors (Lipinski definition) is 5. The van der Waals surface area contributed by atoms with Crippen LogP contribution in [0.2, 0.25) is 0 Å². The summed E-state index contributed by atoms with van der Waals surface area (Å²) in [6.07, 6.45) is 1.77. The number of nitrogens with one attached hydrogen (secondary N) is 1. The molecule has 3 aromatic rings. The van der Waals surface area contributed by atoms with Gasteiger partial charge in [0.15, 0.2) is 0 Å². The zero-order chi connectivity index (χ0) is 29.4. The van der Waals surface area contributed by atoms with Crippen molar-refractivity contribution in [2.45, 2.75) is 56.5 Å². The Morgan fingerprint density at radius 2 is 1.63 bits per heavy atom. The molecule has 0 spiro atoms. The number of amides is 3. The lowest BCUT2D eigenvalue weighted by Gasteiger charge is -2.32. The van der Waals surface area contributed by atoms with E-state index in [1.165, 1.54) is 23.1 Å². The molecule has 1 N–H and O–H groups in total. The van der Waals surface area contributed by atoms with Gasteiger partial charge in [-0.2, -0.15) is 0 Å². The average Bonchev–Trinajstić information content (AvgIpc) is 3.16. The van der Waals surface area contributed by atoms with Crippen molar-refractivity contribution >= 4 is 27.7 Å². The van der Waals surface area contributed by atoms with E-state index in [4.69, 9.17) is 0 Å². The Balaban J connectivity index is 1.56. The van der Waals surface area contributed by atoms with E-state index < -0.39 is 33.7 Å². The van der Waals surface area contributed by atoms with Gasteiger partial charge in [-0.3, -0.25) is 14.4 Å².